The summed E-state index contributed by atoms with van der Waals surface area (Å²) >= 11 is 13.9. The molecule has 0 radical (unpaired) electrons. The number of nitrogens with zero attached hydrogens (tertiary/aromatic N) is 3. The van der Waals surface area contributed by atoms with Gasteiger partial charge < -0.3 is 5.32 Å². The lowest BCUT2D eigenvalue weighted by molar-refractivity contribution is -0.113. The van der Waals surface area contributed by atoms with Crippen LogP contribution in [0.25, 0.3) is 17.1 Å². The van der Waals surface area contributed by atoms with Crippen LogP contribution in [-0.4, -0.2) is 26.4 Å². The SMILES string of the molecule is Cc1cccc(-n2c(SCC(=O)Nc3c(C)cc(C)cc3C)nnc2-c2ccc(Cl)cc2Cl)c1. The normalized spacial score (nSPS) is 11.0. The van der Waals surface area contributed by atoms with Crippen LogP contribution >= 0.6 is 35.0 Å². The largest absolute Gasteiger partial charge is 0.325 e. The van der Waals surface area contributed by atoms with Crippen molar-refractivity contribution in [3.63, 3.8) is 0 Å². The third kappa shape index (κ3) is 5.30. The van der Waals surface area contributed by atoms with Crippen molar-refractivity contribution in [1.29, 1.82) is 0 Å². The summed E-state index contributed by atoms with van der Waals surface area (Å²) in [5.74, 6) is 0.663. The summed E-state index contributed by atoms with van der Waals surface area (Å²) in [5, 5.41) is 13.5. The van der Waals surface area contributed by atoms with Crippen molar-refractivity contribution < 1.29 is 4.79 Å². The second-order valence-electron chi connectivity index (χ2n) is 8.22. The fourth-order valence-electron chi connectivity index (χ4n) is 3.89. The molecule has 0 aliphatic heterocycles. The Balaban J connectivity index is 1.65. The molecule has 0 saturated heterocycles. The number of anilines is 1. The Morgan fingerprint density at radius 2 is 1.68 bits per heavy atom. The van der Waals surface area contributed by atoms with E-state index in [-0.39, 0.29) is 11.7 Å². The number of hydrogen-bond donors (Lipinski definition) is 1. The Labute approximate surface area is 213 Å². The second-order valence-corrected chi connectivity index (χ2v) is 10.0. The number of aryl methyl sites for hydroxylation is 4. The van der Waals surface area contributed by atoms with E-state index in [9.17, 15) is 4.79 Å². The highest BCUT2D eigenvalue weighted by molar-refractivity contribution is 7.99. The van der Waals surface area contributed by atoms with Gasteiger partial charge in [0.1, 0.15) is 0 Å². The molecule has 3 aromatic carbocycles. The van der Waals surface area contributed by atoms with Crippen LogP contribution in [0.3, 0.4) is 0 Å². The van der Waals surface area contributed by atoms with Crippen LogP contribution in [0.4, 0.5) is 5.69 Å². The molecule has 0 saturated carbocycles. The average molecular weight is 511 g/mol. The third-order valence-electron chi connectivity index (χ3n) is 5.34. The van der Waals surface area contributed by atoms with Gasteiger partial charge in [-0.3, -0.25) is 9.36 Å². The molecule has 5 nitrogen and oxygen atoms in total. The molecule has 0 fully saturated rings. The van der Waals surface area contributed by atoms with E-state index in [1.807, 2.05) is 62.6 Å². The van der Waals surface area contributed by atoms with E-state index >= 15 is 0 Å². The topological polar surface area (TPSA) is 59.8 Å². The number of benzene rings is 3. The summed E-state index contributed by atoms with van der Waals surface area (Å²) in [6, 6.07) is 17.4. The van der Waals surface area contributed by atoms with Gasteiger partial charge in [-0.1, -0.05) is 64.8 Å². The highest BCUT2D eigenvalue weighted by Crippen LogP contribution is 2.34. The summed E-state index contributed by atoms with van der Waals surface area (Å²) in [7, 11) is 0. The molecule has 1 N–H and O–H groups in total. The highest BCUT2D eigenvalue weighted by atomic mass is 35.5. The van der Waals surface area contributed by atoms with Gasteiger partial charge in [-0.15, -0.1) is 10.2 Å². The van der Waals surface area contributed by atoms with Gasteiger partial charge in [0.25, 0.3) is 0 Å². The Bertz CT molecular complexity index is 1360. The molecule has 34 heavy (non-hydrogen) atoms. The van der Waals surface area contributed by atoms with Crippen LogP contribution < -0.4 is 5.32 Å². The van der Waals surface area contributed by atoms with Gasteiger partial charge in [0.15, 0.2) is 11.0 Å². The summed E-state index contributed by atoms with van der Waals surface area (Å²) in [5.41, 5.74) is 6.80. The zero-order valence-corrected chi connectivity index (χ0v) is 21.6. The van der Waals surface area contributed by atoms with Gasteiger partial charge in [0.2, 0.25) is 5.91 Å². The number of amides is 1. The number of rotatable bonds is 6. The van der Waals surface area contributed by atoms with Crippen LogP contribution in [0.2, 0.25) is 10.0 Å². The number of carbonyl (C=O) groups excluding carboxylic acids is 1. The summed E-state index contributed by atoms with van der Waals surface area (Å²) < 4.78 is 1.92. The second kappa shape index (κ2) is 10.2. The molecule has 0 aliphatic rings. The van der Waals surface area contributed by atoms with E-state index in [0.29, 0.717) is 26.6 Å². The minimum Gasteiger partial charge on any atom is -0.325 e. The monoisotopic (exact) mass is 510 g/mol. The van der Waals surface area contributed by atoms with Crippen molar-refractivity contribution in [3.8, 4) is 17.1 Å². The van der Waals surface area contributed by atoms with Crippen molar-refractivity contribution in [1.82, 2.24) is 14.8 Å². The van der Waals surface area contributed by atoms with Crippen LogP contribution in [0.15, 0.2) is 59.8 Å². The Kier molecular flexibility index (Phi) is 7.31. The van der Waals surface area contributed by atoms with Crippen LogP contribution in [0.1, 0.15) is 22.3 Å². The number of thioether (sulfide) groups is 1. The molecule has 0 bridgehead atoms. The molecule has 8 heteroatoms. The standard InChI is InChI=1S/C26H24Cl2N4OS/c1-15-6-5-7-20(12-15)32-25(21-9-8-19(27)13-22(21)28)30-31-26(32)34-14-23(33)29-24-17(3)10-16(2)11-18(24)4/h5-13H,14H2,1-4H3,(H,29,33). The predicted octanol–water partition coefficient (Wildman–Crippen LogP) is 7.21. The number of nitrogens with one attached hydrogen (secondary N) is 1. The Morgan fingerprint density at radius 3 is 2.35 bits per heavy atom. The van der Waals surface area contributed by atoms with Crippen molar-refractivity contribution in [2.24, 2.45) is 0 Å². The first-order chi connectivity index (χ1) is 16.2. The van der Waals surface area contributed by atoms with Gasteiger partial charge in [0.05, 0.1) is 10.8 Å². The molecule has 174 valence electrons. The lowest BCUT2D eigenvalue weighted by Crippen LogP contribution is -2.16. The fourth-order valence-corrected chi connectivity index (χ4v) is 5.14. The minimum atomic E-state index is -0.107. The lowest BCUT2D eigenvalue weighted by atomic mass is 10.1. The molecule has 0 atom stereocenters. The van der Waals surface area contributed by atoms with Crippen molar-refractivity contribution in [3.05, 3.63) is 86.9 Å². The maximum absolute atomic E-state index is 12.8. The number of carbonyl (C=O) groups is 1. The van der Waals surface area contributed by atoms with Gasteiger partial charge in [-0.05, 0) is 74.7 Å². The maximum Gasteiger partial charge on any atom is 0.234 e. The molecule has 4 rings (SSSR count). The molecule has 1 amide bonds. The van der Waals surface area contributed by atoms with Crippen molar-refractivity contribution >= 4 is 46.6 Å². The molecule has 0 spiro atoms. The maximum atomic E-state index is 12.8. The predicted molar refractivity (Wildman–Crippen MR) is 142 cm³/mol. The summed E-state index contributed by atoms with van der Waals surface area (Å²) in [6.45, 7) is 8.07. The Hall–Kier alpha value is -2.80. The fraction of sp³-hybridized carbons (Fsp3) is 0.192. The quantitative estimate of drug-likeness (QED) is 0.278. The first-order valence-electron chi connectivity index (χ1n) is 10.7. The first-order valence-corrected chi connectivity index (χ1v) is 12.5. The molecule has 4 aromatic rings. The molecule has 1 aromatic heterocycles. The molecule has 0 unspecified atom stereocenters. The van der Waals surface area contributed by atoms with E-state index in [1.165, 1.54) is 17.3 Å². The van der Waals surface area contributed by atoms with Gasteiger partial charge in [-0.2, -0.15) is 0 Å². The van der Waals surface area contributed by atoms with Crippen LogP contribution in [-0.2, 0) is 4.79 Å². The molecule has 1 heterocycles. The van der Waals surface area contributed by atoms with Gasteiger partial charge in [-0.25, -0.2) is 0 Å². The number of halogens is 2. The van der Waals surface area contributed by atoms with E-state index in [1.54, 1.807) is 12.1 Å². The van der Waals surface area contributed by atoms with E-state index in [4.69, 9.17) is 23.2 Å². The zero-order valence-electron chi connectivity index (χ0n) is 19.3. The van der Waals surface area contributed by atoms with Gasteiger partial charge in [0, 0.05) is 22.0 Å². The highest BCUT2D eigenvalue weighted by Gasteiger charge is 2.20. The van der Waals surface area contributed by atoms with Crippen molar-refractivity contribution in [2.75, 3.05) is 11.1 Å². The first kappa shape index (κ1) is 24.3. The third-order valence-corrected chi connectivity index (χ3v) is 6.82. The smallest absolute Gasteiger partial charge is 0.234 e. The minimum absolute atomic E-state index is 0.107. The van der Waals surface area contributed by atoms with E-state index < -0.39 is 0 Å². The number of aromatic nitrogens is 3. The molecular formula is C26H24Cl2N4OS. The lowest BCUT2D eigenvalue weighted by Gasteiger charge is -2.14. The van der Waals surface area contributed by atoms with E-state index in [2.05, 4.69) is 27.6 Å². The summed E-state index contributed by atoms with van der Waals surface area (Å²) in [6.07, 6.45) is 0. The molecule has 0 aliphatic carbocycles. The molecular weight excluding hydrogens is 487 g/mol. The van der Waals surface area contributed by atoms with Crippen LogP contribution in [0.5, 0.6) is 0 Å². The average Bonchev–Trinajstić information content (AvgIpc) is 3.18. The number of hydrogen-bond acceptors (Lipinski definition) is 4. The summed E-state index contributed by atoms with van der Waals surface area (Å²) in [4.78, 5) is 12.8. The van der Waals surface area contributed by atoms with Gasteiger partial charge >= 0.3 is 0 Å². The Morgan fingerprint density at radius 1 is 0.941 bits per heavy atom. The van der Waals surface area contributed by atoms with Crippen molar-refractivity contribution in [2.45, 2.75) is 32.9 Å². The zero-order chi connectivity index (χ0) is 24.4. The van der Waals surface area contributed by atoms with Crippen LogP contribution in [0, 0.1) is 27.7 Å². The van der Waals surface area contributed by atoms with E-state index in [0.717, 1.165) is 28.1 Å².